The van der Waals surface area contributed by atoms with Crippen LogP contribution in [0.2, 0.25) is 0 Å². The monoisotopic (exact) mass is 300 g/mol. The van der Waals surface area contributed by atoms with E-state index in [4.69, 9.17) is 4.74 Å². The lowest BCUT2D eigenvalue weighted by Gasteiger charge is -2.11. The van der Waals surface area contributed by atoms with Gasteiger partial charge >= 0.3 is 5.69 Å². The number of tetrazole rings is 1. The van der Waals surface area contributed by atoms with Crippen molar-refractivity contribution < 1.29 is 4.74 Å². The van der Waals surface area contributed by atoms with Crippen molar-refractivity contribution in [3.05, 3.63) is 52.3 Å². The minimum absolute atomic E-state index is 0.285. The lowest BCUT2D eigenvalue weighted by molar-refractivity contribution is 0.292. The van der Waals surface area contributed by atoms with E-state index in [-0.39, 0.29) is 6.61 Å². The minimum Gasteiger partial charge on any atom is -0.487 e. The van der Waals surface area contributed by atoms with Gasteiger partial charge in [-0.05, 0) is 35.9 Å². The molecule has 0 amide bonds. The molecule has 8 heteroatoms. The van der Waals surface area contributed by atoms with Gasteiger partial charge in [0.05, 0.1) is 6.33 Å². The van der Waals surface area contributed by atoms with Gasteiger partial charge in [0.1, 0.15) is 18.1 Å². The maximum atomic E-state index is 11.7. The van der Waals surface area contributed by atoms with Crippen molar-refractivity contribution in [2.45, 2.75) is 27.0 Å². The fourth-order valence-corrected chi connectivity index (χ4v) is 2.19. The Hall–Kier alpha value is -2.90. The molecule has 0 saturated heterocycles. The molecular weight excluding hydrogens is 284 g/mol. The van der Waals surface area contributed by atoms with Gasteiger partial charge in [0.15, 0.2) is 5.82 Å². The van der Waals surface area contributed by atoms with E-state index in [1.54, 1.807) is 6.33 Å². The number of H-pyrrole nitrogens is 1. The van der Waals surface area contributed by atoms with Crippen LogP contribution in [0.1, 0.15) is 18.2 Å². The quantitative estimate of drug-likeness (QED) is 0.761. The zero-order chi connectivity index (χ0) is 15.5. The van der Waals surface area contributed by atoms with E-state index in [0.717, 1.165) is 21.7 Å². The molecule has 2 aromatic heterocycles. The van der Waals surface area contributed by atoms with Crippen molar-refractivity contribution in [2.24, 2.45) is 0 Å². The number of nitrogens with zero attached hydrogens (tertiary/aromatic N) is 5. The van der Waals surface area contributed by atoms with Gasteiger partial charge in [-0.2, -0.15) is 0 Å². The first kappa shape index (κ1) is 14.1. The third-order valence-electron chi connectivity index (χ3n) is 3.40. The summed E-state index contributed by atoms with van der Waals surface area (Å²) in [7, 11) is 0. The molecule has 0 bridgehead atoms. The summed E-state index contributed by atoms with van der Waals surface area (Å²) >= 11 is 0. The number of hydrogen-bond donors (Lipinski definition) is 1. The highest BCUT2D eigenvalue weighted by atomic mass is 16.5. The van der Waals surface area contributed by atoms with E-state index < -0.39 is 5.69 Å². The molecule has 0 aliphatic rings. The van der Waals surface area contributed by atoms with Crippen molar-refractivity contribution in [3.63, 3.8) is 0 Å². The smallest absolute Gasteiger partial charge is 0.367 e. The summed E-state index contributed by atoms with van der Waals surface area (Å²) in [6, 6.07) is 7.76. The molecule has 3 aromatic rings. The van der Waals surface area contributed by atoms with E-state index in [9.17, 15) is 4.79 Å². The molecule has 3 rings (SSSR count). The van der Waals surface area contributed by atoms with Crippen molar-refractivity contribution in [1.29, 1.82) is 0 Å². The maximum absolute atomic E-state index is 11.7. The van der Waals surface area contributed by atoms with Crippen LogP contribution in [0.15, 0.2) is 35.4 Å². The number of para-hydroxylation sites is 1. The first-order valence-corrected chi connectivity index (χ1v) is 6.94. The second-order valence-corrected chi connectivity index (χ2v) is 4.77. The van der Waals surface area contributed by atoms with Crippen LogP contribution in [-0.2, 0) is 13.2 Å². The Morgan fingerprint density at radius 3 is 2.82 bits per heavy atom. The van der Waals surface area contributed by atoms with Gasteiger partial charge in [0.25, 0.3) is 0 Å². The topological polar surface area (TPSA) is 90.6 Å². The number of nitrogens with one attached hydrogen (secondary N) is 1. The van der Waals surface area contributed by atoms with Gasteiger partial charge in [-0.1, -0.05) is 18.2 Å². The number of ether oxygens (including phenoxy) is 1. The largest absolute Gasteiger partial charge is 0.487 e. The highest BCUT2D eigenvalue weighted by molar-refractivity contribution is 5.33. The van der Waals surface area contributed by atoms with Gasteiger partial charge in [0, 0.05) is 6.54 Å². The number of imidazole rings is 1. The van der Waals surface area contributed by atoms with Gasteiger partial charge in [-0.15, -0.1) is 4.68 Å². The van der Waals surface area contributed by atoms with Crippen molar-refractivity contribution in [1.82, 2.24) is 29.8 Å². The summed E-state index contributed by atoms with van der Waals surface area (Å²) in [5, 5.41) is 9.49. The van der Waals surface area contributed by atoms with E-state index >= 15 is 0 Å². The second kappa shape index (κ2) is 5.84. The Morgan fingerprint density at radius 2 is 2.14 bits per heavy atom. The normalized spacial score (nSPS) is 10.8. The Labute approximate surface area is 126 Å². The Morgan fingerprint density at radius 1 is 1.32 bits per heavy atom. The Kier molecular flexibility index (Phi) is 3.73. The summed E-state index contributed by atoms with van der Waals surface area (Å²) in [4.78, 5) is 15.9. The molecule has 0 atom stereocenters. The molecule has 0 spiro atoms. The van der Waals surface area contributed by atoms with E-state index in [2.05, 4.69) is 20.5 Å². The highest BCUT2D eigenvalue weighted by Gasteiger charge is 2.16. The highest BCUT2D eigenvalue weighted by Crippen LogP contribution is 2.19. The molecule has 0 saturated carbocycles. The lowest BCUT2D eigenvalue weighted by Crippen LogP contribution is -2.19. The van der Waals surface area contributed by atoms with Crippen LogP contribution >= 0.6 is 0 Å². The number of aryl methyl sites for hydroxylation is 2. The fraction of sp³-hybridized carbons (Fsp3) is 0.286. The average Bonchev–Trinajstić information content (AvgIpc) is 3.11. The van der Waals surface area contributed by atoms with Gasteiger partial charge < -0.3 is 9.30 Å². The molecule has 0 fully saturated rings. The predicted octanol–water partition coefficient (Wildman–Crippen LogP) is 1.06. The summed E-state index contributed by atoms with van der Waals surface area (Å²) in [6.45, 7) is 4.98. The summed E-state index contributed by atoms with van der Waals surface area (Å²) in [5.74, 6) is 1.22. The molecule has 0 aliphatic carbocycles. The Balaban J connectivity index is 1.93. The molecule has 22 heavy (non-hydrogen) atoms. The van der Waals surface area contributed by atoms with Crippen LogP contribution in [0, 0.1) is 6.92 Å². The molecule has 114 valence electrons. The van der Waals surface area contributed by atoms with Crippen LogP contribution in [0.25, 0.3) is 5.82 Å². The minimum atomic E-state index is -0.432. The van der Waals surface area contributed by atoms with E-state index in [0.29, 0.717) is 12.4 Å². The van der Waals surface area contributed by atoms with Gasteiger partial charge in [-0.3, -0.25) is 0 Å². The first-order valence-electron chi connectivity index (χ1n) is 6.94. The molecule has 8 nitrogen and oxygen atoms in total. The second-order valence-electron chi connectivity index (χ2n) is 4.77. The van der Waals surface area contributed by atoms with Gasteiger partial charge in [0.2, 0.25) is 0 Å². The van der Waals surface area contributed by atoms with Crippen LogP contribution in [0.4, 0.5) is 0 Å². The predicted molar refractivity (Wildman–Crippen MR) is 78.9 cm³/mol. The average molecular weight is 300 g/mol. The molecule has 0 unspecified atom stereocenters. The van der Waals surface area contributed by atoms with E-state index in [1.165, 1.54) is 0 Å². The zero-order valence-electron chi connectivity index (χ0n) is 12.4. The summed E-state index contributed by atoms with van der Waals surface area (Å²) in [5.41, 5.74) is 1.38. The lowest BCUT2D eigenvalue weighted by atomic mass is 10.2. The number of aromatic nitrogens is 6. The molecule has 2 heterocycles. The maximum Gasteiger partial charge on any atom is 0.367 e. The third kappa shape index (κ3) is 2.50. The molecule has 1 aromatic carbocycles. The summed E-state index contributed by atoms with van der Waals surface area (Å²) in [6.07, 6.45) is 1.66. The number of aromatic amines is 1. The van der Waals surface area contributed by atoms with Gasteiger partial charge in [-0.25, -0.2) is 14.9 Å². The molecular formula is C14H16N6O2. The standard InChI is InChI=1S/C14H16N6O2/c1-3-19-9-15-13(20-14(21)16-17-18-20)11(19)8-22-12-7-5-4-6-10(12)2/h4-7,9H,3,8H2,1-2H3,(H,16,18,21). The van der Waals surface area contributed by atoms with Crippen LogP contribution < -0.4 is 10.4 Å². The third-order valence-corrected chi connectivity index (χ3v) is 3.40. The van der Waals surface area contributed by atoms with Crippen LogP contribution in [0.3, 0.4) is 0 Å². The molecule has 0 aliphatic heterocycles. The van der Waals surface area contributed by atoms with Crippen LogP contribution in [0.5, 0.6) is 5.75 Å². The van der Waals surface area contributed by atoms with Crippen molar-refractivity contribution in [2.75, 3.05) is 0 Å². The number of hydrogen-bond acceptors (Lipinski definition) is 5. The number of rotatable bonds is 5. The molecule has 1 N–H and O–H groups in total. The Bertz CT molecular complexity index is 832. The first-order chi connectivity index (χ1) is 10.7. The van der Waals surface area contributed by atoms with E-state index in [1.807, 2.05) is 42.7 Å². The zero-order valence-corrected chi connectivity index (χ0v) is 12.4. The fourth-order valence-electron chi connectivity index (χ4n) is 2.19. The van der Waals surface area contributed by atoms with Crippen molar-refractivity contribution >= 4 is 0 Å². The molecule has 0 radical (unpaired) electrons. The SMILES string of the molecule is CCn1cnc(-n2nn[nH]c2=O)c1COc1ccccc1C. The number of benzene rings is 1. The van der Waals surface area contributed by atoms with Crippen LogP contribution in [-0.4, -0.2) is 29.8 Å². The summed E-state index contributed by atoms with van der Waals surface area (Å²) < 4.78 is 8.91. The van der Waals surface area contributed by atoms with Crippen molar-refractivity contribution in [3.8, 4) is 11.6 Å².